The van der Waals surface area contributed by atoms with Crippen molar-refractivity contribution in [3.05, 3.63) is 59.3 Å². The highest BCUT2D eigenvalue weighted by atomic mass is 32.2. The van der Waals surface area contributed by atoms with E-state index in [9.17, 15) is 9.59 Å². The van der Waals surface area contributed by atoms with Crippen LogP contribution in [0.25, 0.3) is 0 Å². The largest absolute Gasteiger partial charge is 0.497 e. The number of carbonyl (C=O) groups is 2. The number of amides is 2. The fourth-order valence-electron chi connectivity index (χ4n) is 3.20. The molecule has 7 nitrogen and oxygen atoms in total. The molecule has 1 aliphatic heterocycles. The molecule has 2 heterocycles. The average Bonchev–Trinajstić information content (AvgIpc) is 2.96. The zero-order chi connectivity index (χ0) is 21.7. The van der Waals surface area contributed by atoms with Gasteiger partial charge in [0.25, 0.3) is 5.91 Å². The number of nitrogens with one attached hydrogen (secondary N) is 1. The molecule has 3 rings (SSSR count). The molecule has 0 saturated carbocycles. The number of hydrogen-bond donors (Lipinski definition) is 1. The van der Waals surface area contributed by atoms with Crippen LogP contribution in [0.1, 0.15) is 19.4 Å². The first kappa shape index (κ1) is 21.7. The van der Waals surface area contributed by atoms with Crippen molar-refractivity contribution < 1.29 is 19.1 Å². The predicted molar refractivity (Wildman–Crippen MR) is 118 cm³/mol. The Kier molecular flexibility index (Phi) is 6.99. The Morgan fingerprint density at radius 3 is 2.47 bits per heavy atom. The van der Waals surface area contributed by atoms with Gasteiger partial charge >= 0.3 is 0 Å². The maximum atomic E-state index is 12.9. The van der Waals surface area contributed by atoms with Crippen LogP contribution >= 0.6 is 11.8 Å². The van der Waals surface area contributed by atoms with Gasteiger partial charge in [-0.15, -0.1) is 11.8 Å². The van der Waals surface area contributed by atoms with E-state index in [-0.39, 0.29) is 22.9 Å². The minimum absolute atomic E-state index is 0.0306. The fourth-order valence-corrected chi connectivity index (χ4v) is 4.36. The van der Waals surface area contributed by atoms with Gasteiger partial charge in [0.2, 0.25) is 5.91 Å². The number of pyridine rings is 1. The van der Waals surface area contributed by atoms with E-state index in [0.29, 0.717) is 29.4 Å². The van der Waals surface area contributed by atoms with Crippen LogP contribution in [0.4, 0.5) is 5.82 Å². The van der Waals surface area contributed by atoms with Crippen LogP contribution in [0.15, 0.2) is 53.7 Å². The number of thioether (sulfide) groups is 1. The molecular weight excluding hydrogens is 402 g/mol. The normalized spacial score (nSPS) is 16.1. The van der Waals surface area contributed by atoms with Crippen LogP contribution in [0.5, 0.6) is 11.5 Å². The van der Waals surface area contributed by atoms with Gasteiger partial charge in [-0.3, -0.25) is 9.59 Å². The van der Waals surface area contributed by atoms with Crippen molar-refractivity contribution in [1.82, 2.24) is 9.88 Å². The second-order valence-corrected chi connectivity index (χ2v) is 7.96. The average molecular weight is 428 g/mol. The molecule has 158 valence electrons. The third kappa shape index (κ3) is 4.94. The van der Waals surface area contributed by atoms with Crippen molar-refractivity contribution in [3.63, 3.8) is 0 Å². The van der Waals surface area contributed by atoms with E-state index in [2.05, 4.69) is 10.3 Å². The van der Waals surface area contributed by atoms with Crippen LogP contribution < -0.4 is 14.8 Å². The lowest BCUT2D eigenvalue weighted by molar-refractivity contribution is -0.126. The predicted octanol–water partition coefficient (Wildman–Crippen LogP) is 3.48. The molecule has 8 heteroatoms. The standard InChI is InChI=1S/C22H25N3O4S/c1-14-15(2)22(30-13-20(26)24-19-7-5-6-8-23-19)25(21(14)27)12-16-9-17(28-3)11-18(10-16)29-4/h5-11,22H,12-13H2,1-4H3,(H,23,24,26). The molecule has 0 bridgehead atoms. The van der Waals surface area contributed by atoms with E-state index >= 15 is 0 Å². The number of ether oxygens (including phenoxy) is 2. The van der Waals surface area contributed by atoms with E-state index in [4.69, 9.17) is 9.47 Å². The monoisotopic (exact) mass is 427 g/mol. The highest BCUT2D eigenvalue weighted by Gasteiger charge is 2.35. The van der Waals surface area contributed by atoms with Crippen LogP contribution in [-0.2, 0) is 16.1 Å². The Hall–Kier alpha value is -3.00. The molecule has 1 N–H and O–H groups in total. The summed E-state index contributed by atoms with van der Waals surface area (Å²) in [5.74, 6) is 1.85. The molecule has 1 aliphatic rings. The first-order valence-corrected chi connectivity index (χ1v) is 10.5. The number of nitrogens with zero attached hydrogens (tertiary/aromatic N) is 2. The van der Waals surface area contributed by atoms with Gasteiger partial charge in [-0.05, 0) is 49.2 Å². The van der Waals surface area contributed by atoms with Crippen molar-refractivity contribution >= 4 is 29.4 Å². The van der Waals surface area contributed by atoms with Gasteiger partial charge < -0.3 is 19.7 Å². The summed E-state index contributed by atoms with van der Waals surface area (Å²) in [7, 11) is 3.18. The minimum atomic E-state index is -0.218. The molecule has 1 aromatic carbocycles. The van der Waals surface area contributed by atoms with Gasteiger partial charge in [-0.2, -0.15) is 0 Å². The van der Waals surface area contributed by atoms with Crippen molar-refractivity contribution in [2.24, 2.45) is 0 Å². The molecule has 0 saturated heterocycles. The Balaban J connectivity index is 1.72. The molecule has 0 radical (unpaired) electrons. The molecule has 1 aromatic heterocycles. The summed E-state index contributed by atoms with van der Waals surface area (Å²) in [5.41, 5.74) is 2.57. The fraction of sp³-hybridized carbons (Fsp3) is 0.318. The summed E-state index contributed by atoms with van der Waals surface area (Å²) < 4.78 is 10.7. The number of anilines is 1. The SMILES string of the molecule is COc1cc(CN2C(=O)C(C)=C(C)C2SCC(=O)Nc2ccccn2)cc(OC)c1. The highest BCUT2D eigenvalue weighted by molar-refractivity contribution is 8.00. The van der Waals surface area contributed by atoms with Crippen molar-refractivity contribution in [1.29, 1.82) is 0 Å². The van der Waals surface area contributed by atoms with Crippen molar-refractivity contribution in [2.75, 3.05) is 25.3 Å². The Morgan fingerprint density at radius 2 is 1.87 bits per heavy atom. The summed E-state index contributed by atoms with van der Waals surface area (Å²) in [6, 6.07) is 10.9. The number of hydrogen-bond acceptors (Lipinski definition) is 6. The van der Waals surface area contributed by atoms with Gasteiger partial charge in [0.05, 0.1) is 20.0 Å². The first-order chi connectivity index (χ1) is 14.4. The second-order valence-electron chi connectivity index (χ2n) is 6.89. The summed E-state index contributed by atoms with van der Waals surface area (Å²) in [4.78, 5) is 31.1. The molecule has 1 unspecified atom stereocenters. The molecule has 0 aliphatic carbocycles. The van der Waals surface area contributed by atoms with Crippen molar-refractivity contribution in [2.45, 2.75) is 25.8 Å². The molecule has 30 heavy (non-hydrogen) atoms. The quantitative estimate of drug-likeness (QED) is 0.695. The lowest BCUT2D eigenvalue weighted by atomic mass is 10.2. The third-order valence-corrected chi connectivity index (χ3v) is 6.25. The second kappa shape index (κ2) is 9.67. The number of rotatable bonds is 8. The van der Waals surface area contributed by atoms with E-state index in [1.807, 2.05) is 32.0 Å². The summed E-state index contributed by atoms with van der Waals surface area (Å²) in [6.45, 7) is 4.15. The maximum Gasteiger partial charge on any atom is 0.251 e. The zero-order valence-electron chi connectivity index (χ0n) is 17.5. The number of aromatic nitrogens is 1. The lowest BCUT2D eigenvalue weighted by Crippen LogP contribution is -2.34. The molecule has 0 spiro atoms. The summed E-state index contributed by atoms with van der Waals surface area (Å²) in [6.07, 6.45) is 1.62. The van der Waals surface area contributed by atoms with Gasteiger partial charge in [0.1, 0.15) is 22.7 Å². The van der Waals surface area contributed by atoms with Crippen LogP contribution in [0.2, 0.25) is 0 Å². The summed E-state index contributed by atoms with van der Waals surface area (Å²) in [5, 5.41) is 2.56. The van der Waals surface area contributed by atoms with Crippen LogP contribution in [0.3, 0.4) is 0 Å². The van der Waals surface area contributed by atoms with E-state index in [1.54, 1.807) is 43.5 Å². The maximum absolute atomic E-state index is 12.9. The van der Waals surface area contributed by atoms with Gasteiger partial charge in [-0.1, -0.05) is 6.07 Å². The van der Waals surface area contributed by atoms with E-state index in [1.165, 1.54) is 11.8 Å². The van der Waals surface area contributed by atoms with E-state index in [0.717, 1.165) is 11.1 Å². The van der Waals surface area contributed by atoms with E-state index < -0.39 is 0 Å². The zero-order valence-corrected chi connectivity index (χ0v) is 18.3. The smallest absolute Gasteiger partial charge is 0.251 e. The molecule has 1 atom stereocenters. The molecule has 2 amide bonds. The van der Waals surface area contributed by atoms with Gasteiger partial charge in [0.15, 0.2) is 0 Å². The van der Waals surface area contributed by atoms with Gasteiger partial charge in [0, 0.05) is 24.4 Å². The molecule has 0 fully saturated rings. The number of benzene rings is 1. The minimum Gasteiger partial charge on any atom is -0.497 e. The molecular formula is C22H25N3O4S. The Labute approximate surface area is 180 Å². The van der Waals surface area contributed by atoms with Gasteiger partial charge in [-0.25, -0.2) is 4.98 Å². The Morgan fingerprint density at radius 1 is 1.17 bits per heavy atom. The number of methoxy groups -OCH3 is 2. The van der Waals surface area contributed by atoms with Crippen LogP contribution in [0, 0.1) is 0 Å². The summed E-state index contributed by atoms with van der Waals surface area (Å²) >= 11 is 1.42. The number of carbonyl (C=O) groups excluding carboxylic acids is 2. The third-order valence-electron chi connectivity index (χ3n) is 4.90. The highest BCUT2D eigenvalue weighted by Crippen LogP contribution is 2.35. The Bertz CT molecular complexity index is 940. The topological polar surface area (TPSA) is 80.8 Å². The molecule has 2 aromatic rings. The van der Waals surface area contributed by atoms with Crippen LogP contribution in [-0.4, -0.2) is 47.0 Å². The first-order valence-electron chi connectivity index (χ1n) is 9.45. The van der Waals surface area contributed by atoms with Crippen molar-refractivity contribution in [3.8, 4) is 11.5 Å². The lowest BCUT2D eigenvalue weighted by Gasteiger charge is -2.26.